The minimum Gasteiger partial charge on any atom is -0.464 e. The predicted molar refractivity (Wildman–Crippen MR) is 276 cm³/mol. The highest BCUT2D eigenvalue weighted by Gasteiger charge is 2.42. The summed E-state index contributed by atoms with van der Waals surface area (Å²) in [7, 11) is 5.05. The Bertz CT molecular complexity index is 2780. The number of halogens is 5. The van der Waals surface area contributed by atoms with Crippen LogP contribution in [-0.4, -0.2) is 167 Å². The number of esters is 1. The largest absolute Gasteiger partial charge is 0.464 e. The van der Waals surface area contributed by atoms with Crippen molar-refractivity contribution in [2.45, 2.75) is 109 Å². The summed E-state index contributed by atoms with van der Waals surface area (Å²) in [5.41, 5.74) is 3.99. The molecule has 3 saturated heterocycles. The highest BCUT2D eigenvalue weighted by atomic mass is 35.5. The second-order valence-corrected chi connectivity index (χ2v) is 22.7. The number of nitrogens with one attached hydrogen (secondary N) is 2. The number of fused-ring (bicyclic) bond motifs is 6. The monoisotopic (exact) mass is 1090 g/mol. The molecular formula is C52H67ClF4N10O7S. The number of amides is 4. The van der Waals surface area contributed by atoms with E-state index < -0.39 is 89.4 Å². The maximum Gasteiger partial charge on any atom is 0.406 e. The molecule has 0 aliphatic carbocycles. The van der Waals surface area contributed by atoms with E-state index in [1.54, 1.807) is 37.6 Å². The van der Waals surface area contributed by atoms with Crippen LogP contribution in [0.3, 0.4) is 0 Å². The van der Waals surface area contributed by atoms with Crippen LogP contribution >= 0.6 is 22.9 Å². The molecule has 408 valence electrons. The van der Waals surface area contributed by atoms with Crippen LogP contribution in [0, 0.1) is 17.3 Å². The number of anilines is 1. The molecule has 0 unspecified atom stereocenters. The summed E-state index contributed by atoms with van der Waals surface area (Å²) < 4.78 is 71.9. The molecule has 2 N–H and O–H groups in total. The Labute approximate surface area is 443 Å². The fourth-order valence-electron chi connectivity index (χ4n) is 10.8. The molecule has 3 aromatic heterocycles. The number of ether oxygens (including phenoxy) is 2. The number of likely N-dealkylation sites (tertiary alicyclic amines) is 1. The lowest BCUT2D eigenvalue weighted by Crippen LogP contribution is -2.62. The van der Waals surface area contributed by atoms with E-state index in [4.69, 9.17) is 31.0 Å². The molecule has 17 nitrogen and oxygen atoms in total. The van der Waals surface area contributed by atoms with Gasteiger partial charge < -0.3 is 39.0 Å². The van der Waals surface area contributed by atoms with E-state index in [1.807, 2.05) is 40.0 Å². The van der Waals surface area contributed by atoms with Gasteiger partial charge in [-0.25, -0.2) is 14.8 Å². The average Bonchev–Trinajstić information content (AvgIpc) is 4.13. The van der Waals surface area contributed by atoms with Gasteiger partial charge in [-0.05, 0) is 69.3 Å². The van der Waals surface area contributed by atoms with Gasteiger partial charge in [0.2, 0.25) is 11.8 Å². The summed E-state index contributed by atoms with van der Waals surface area (Å²) in [4.78, 5) is 86.2. The Morgan fingerprint density at radius 1 is 1.07 bits per heavy atom. The molecule has 1 aromatic carbocycles. The number of likely N-dealkylation sites (N-methyl/N-ethyl adjacent to an activating group) is 2. The number of rotatable bonds is 11. The standard InChI is InChI=1S/C52H67ClF4N10O7S/c1-29(2)43(63(7)47(69)32-13-15-65(25-32)49(71)45(53)54)46(68)60-38-22-41-59-39(26-75-41)31-11-12-40-34(20-31)36(23-51(4,5)28-74-50(72)37-10-9-14-67(61-37)48(38)70)44(66(40)27-52(55,56)57)35-21-33(24-58-42(35)30(3)73-8)64-18-16-62(6)17-19-64/h11-12,20-21,24,26,29-30,32,37-38,43,45,61H,9-10,13-19,22-23,25,27-28H2,1-8H3,(H,60,68)/t30-,32-,37-,38-,43-,45-/m0/s1. The number of thiazole rings is 1. The van der Waals surface area contributed by atoms with Crippen LogP contribution < -0.4 is 15.6 Å². The topological polar surface area (TPSA) is 175 Å². The first-order valence-corrected chi connectivity index (χ1v) is 26.8. The number of hydrogen-bond acceptors (Lipinski definition) is 13. The molecule has 0 radical (unpaired) electrons. The molecule has 7 heterocycles. The van der Waals surface area contributed by atoms with Gasteiger partial charge in [0.25, 0.3) is 17.4 Å². The lowest BCUT2D eigenvalue weighted by Gasteiger charge is -2.37. The highest BCUT2D eigenvalue weighted by molar-refractivity contribution is 7.10. The average molecular weight is 1090 g/mol. The van der Waals surface area contributed by atoms with Gasteiger partial charge in [-0.15, -0.1) is 11.3 Å². The van der Waals surface area contributed by atoms with Gasteiger partial charge in [-0.3, -0.25) is 34.0 Å². The van der Waals surface area contributed by atoms with Crippen molar-refractivity contribution in [2.75, 3.05) is 78.5 Å². The molecule has 4 aliphatic rings. The first-order chi connectivity index (χ1) is 35.4. The molecular weight excluding hydrogens is 1020 g/mol. The molecule has 6 bridgehead atoms. The Kier molecular flexibility index (Phi) is 16.9. The number of hydrazine groups is 1. The normalized spacial score (nSPS) is 22.2. The van der Waals surface area contributed by atoms with Crippen molar-refractivity contribution in [3.8, 4) is 22.5 Å². The van der Waals surface area contributed by atoms with Crippen molar-refractivity contribution in [1.82, 2.24) is 45.0 Å². The Balaban J connectivity index is 1.21. The lowest BCUT2D eigenvalue weighted by atomic mass is 9.84. The third-order valence-electron chi connectivity index (χ3n) is 14.8. The summed E-state index contributed by atoms with van der Waals surface area (Å²) in [5, 5.41) is 7.00. The summed E-state index contributed by atoms with van der Waals surface area (Å²) in [6.07, 6.45) is -2.42. The molecule has 4 aromatic rings. The Morgan fingerprint density at radius 3 is 2.48 bits per heavy atom. The van der Waals surface area contributed by atoms with Crippen molar-refractivity contribution in [1.29, 1.82) is 0 Å². The lowest BCUT2D eigenvalue weighted by molar-refractivity contribution is -0.155. The van der Waals surface area contributed by atoms with Crippen LogP contribution in [0.5, 0.6) is 0 Å². The smallest absolute Gasteiger partial charge is 0.406 e. The summed E-state index contributed by atoms with van der Waals surface area (Å²) in [6, 6.07) is 3.85. The maximum atomic E-state index is 15.0. The predicted octanol–water partition coefficient (Wildman–Crippen LogP) is 6.36. The number of nitrogens with zero attached hydrogens (tertiary/aromatic N) is 8. The van der Waals surface area contributed by atoms with Crippen LogP contribution in [0.1, 0.15) is 76.3 Å². The zero-order valence-electron chi connectivity index (χ0n) is 43.6. The summed E-state index contributed by atoms with van der Waals surface area (Å²) in [5.74, 6) is -4.36. The molecule has 0 saturated carbocycles. The van der Waals surface area contributed by atoms with Gasteiger partial charge in [0, 0.05) is 99.2 Å². The maximum absolute atomic E-state index is 15.0. The van der Waals surface area contributed by atoms with Crippen molar-refractivity contribution >= 4 is 69.1 Å². The van der Waals surface area contributed by atoms with Gasteiger partial charge in [0.15, 0.2) is 0 Å². The van der Waals surface area contributed by atoms with Crippen molar-refractivity contribution < 1.29 is 51.0 Å². The van der Waals surface area contributed by atoms with Crippen LogP contribution in [0.4, 0.5) is 23.2 Å². The molecule has 0 spiro atoms. The number of methoxy groups -OCH3 is 1. The summed E-state index contributed by atoms with van der Waals surface area (Å²) in [6.45, 7) is 10.9. The Morgan fingerprint density at radius 2 is 1.80 bits per heavy atom. The van der Waals surface area contributed by atoms with Crippen LogP contribution in [-0.2, 0) is 52.8 Å². The number of cyclic esters (lactones) is 1. The third kappa shape index (κ3) is 12.4. The highest BCUT2D eigenvalue weighted by Crippen LogP contribution is 2.44. The van der Waals surface area contributed by atoms with E-state index in [1.165, 1.54) is 44.9 Å². The molecule has 4 aliphatic heterocycles. The third-order valence-corrected chi connectivity index (χ3v) is 15.9. The van der Waals surface area contributed by atoms with Gasteiger partial charge in [0.05, 0.1) is 52.6 Å². The molecule has 6 atom stereocenters. The van der Waals surface area contributed by atoms with E-state index in [0.717, 1.165) is 18.8 Å². The van der Waals surface area contributed by atoms with Gasteiger partial charge >= 0.3 is 12.1 Å². The van der Waals surface area contributed by atoms with E-state index in [-0.39, 0.29) is 45.5 Å². The molecule has 23 heteroatoms. The fourth-order valence-corrected chi connectivity index (χ4v) is 11.7. The number of piperazine rings is 1. The van der Waals surface area contributed by atoms with Gasteiger partial charge in [-0.1, -0.05) is 45.4 Å². The zero-order valence-corrected chi connectivity index (χ0v) is 45.2. The number of carbonyl (C=O) groups is 5. The van der Waals surface area contributed by atoms with Crippen molar-refractivity contribution in [3.63, 3.8) is 0 Å². The number of pyridine rings is 1. The van der Waals surface area contributed by atoms with Crippen molar-refractivity contribution in [3.05, 3.63) is 52.1 Å². The van der Waals surface area contributed by atoms with Crippen LogP contribution in [0.15, 0.2) is 35.8 Å². The number of hydrogen-bond donors (Lipinski definition) is 2. The molecule has 3 fully saturated rings. The second kappa shape index (κ2) is 22.7. The van der Waals surface area contributed by atoms with E-state index >= 15 is 13.2 Å². The number of carbonyl (C=O) groups excluding carboxylic acids is 5. The minimum atomic E-state index is -4.64. The SMILES string of the molecule is CO[C@@H](C)c1ncc(N2CCN(C)CC2)cc1-c1c2c3cc(ccc3n1CC(F)(F)F)-c1csc(n1)C[C@H](NC(=O)[C@H](C(C)C)N(C)C(=O)[C@H]1CCN(C(=O)[C@H](F)Cl)C1)C(=O)N1CCC[C@H](N1)C(=O)OCC(C)(C)C2. The van der Waals surface area contributed by atoms with E-state index in [0.29, 0.717) is 75.6 Å². The first-order valence-electron chi connectivity index (χ1n) is 25.4. The second-order valence-electron chi connectivity index (χ2n) is 21.4. The van der Waals surface area contributed by atoms with Crippen LogP contribution in [0.25, 0.3) is 33.4 Å². The van der Waals surface area contributed by atoms with E-state index in [9.17, 15) is 28.4 Å². The molecule has 75 heavy (non-hydrogen) atoms. The van der Waals surface area contributed by atoms with Crippen LogP contribution in [0.2, 0.25) is 0 Å². The summed E-state index contributed by atoms with van der Waals surface area (Å²) >= 11 is 6.64. The van der Waals surface area contributed by atoms with Gasteiger partial charge in [0.1, 0.15) is 24.7 Å². The van der Waals surface area contributed by atoms with E-state index in [2.05, 4.69) is 20.5 Å². The van der Waals surface area contributed by atoms with Gasteiger partial charge in [-0.2, -0.15) is 13.2 Å². The number of aromatic nitrogens is 3. The zero-order chi connectivity index (χ0) is 54.3. The van der Waals surface area contributed by atoms with Crippen molar-refractivity contribution in [2.24, 2.45) is 17.3 Å². The Hall–Kier alpha value is -5.42. The number of benzene rings is 1. The number of alkyl halides is 5. The fraction of sp³-hybridized carbons (Fsp3) is 0.596. The quantitative estimate of drug-likeness (QED) is 0.0968. The minimum absolute atomic E-state index is 0.0668. The molecule has 4 amide bonds. The molecule has 8 rings (SSSR count). The first kappa shape index (κ1) is 55.8.